The maximum absolute atomic E-state index is 12.1. The fourth-order valence-corrected chi connectivity index (χ4v) is 3.04. The lowest BCUT2D eigenvalue weighted by molar-refractivity contribution is -0.159. The highest BCUT2D eigenvalue weighted by molar-refractivity contribution is 5.76. The van der Waals surface area contributed by atoms with Gasteiger partial charge in [0.05, 0.1) is 13.1 Å². The fraction of sp³-hybridized carbons (Fsp3) is 0.867. The number of ether oxygens (including phenoxy) is 1. The number of nitrogens with one attached hydrogen (secondary N) is 1. The highest BCUT2D eigenvalue weighted by Crippen LogP contribution is 2.35. The molecule has 1 saturated carbocycles. The van der Waals surface area contributed by atoms with Crippen LogP contribution in [-0.2, 0) is 9.53 Å². The van der Waals surface area contributed by atoms with Crippen molar-refractivity contribution in [2.75, 3.05) is 19.7 Å². The molecule has 21 heavy (non-hydrogen) atoms. The zero-order valence-corrected chi connectivity index (χ0v) is 13.1. The van der Waals surface area contributed by atoms with Gasteiger partial charge in [-0.05, 0) is 38.0 Å². The summed E-state index contributed by atoms with van der Waals surface area (Å²) in [6.07, 6.45) is 4.33. The van der Waals surface area contributed by atoms with Crippen LogP contribution in [0.25, 0.3) is 0 Å². The number of hydrogen-bond donors (Lipinski definition) is 2. The molecule has 2 rings (SSSR count). The van der Waals surface area contributed by atoms with E-state index < -0.39 is 11.6 Å². The first-order chi connectivity index (χ1) is 9.69. The molecule has 1 heterocycles. The summed E-state index contributed by atoms with van der Waals surface area (Å²) in [5.41, 5.74) is -0.133. The number of carbonyl (C=O) groups excluding carboxylic acids is 1. The number of carboxylic acid groups (broad SMARTS) is 1. The summed E-state index contributed by atoms with van der Waals surface area (Å²) < 4.78 is 5.30. The molecule has 1 aliphatic heterocycles. The van der Waals surface area contributed by atoms with Gasteiger partial charge in [-0.2, -0.15) is 0 Å². The zero-order valence-electron chi connectivity index (χ0n) is 13.1. The molecular formula is C15H26N2O4. The van der Waals surface area contributed by atoms with Crippen LogP contribution in [0, 0.1) is 5.41 Å². The normalized spacial score (nSPS) is 24.2. The largest absolute Gasteiger partial charge is 0.480 e. The number of rotatable bonds is 4. The van der Waals surface area contributed by atoms with E-state index in [1.165, 1.54) is 0 Å². The molecule has 0 spiro atoms. The number of carbonyl (C=O) groups is 2. The van der Waals surface area contributed by atoms with Crippen LogP contribution in [0.1, 0.15) is 46.5 Å². The number of hydrogen-bond acceptors (Lipinski definition) is 3. The van der Waals surface area contributed by atoms with E-state index in [0.717, 1.165) is 25.7 Å². The van der Waals surface area contributed by atoms with Gasteiger partial charge < -0.3 is 20.1 Å². The van der Waals surface area contributed by atoms with Crippen LogP contribution < -0.4 is 5.32 Å². The highest BCUT2D eigenvalue weighted by atomic mass is 16.5. The topological polar surface area (TPSA) is 78.9 Å². The Morgan fingerprint density at radius 1 is 1.24 bits per heavy atom. The Hall–Kier alpha value is -1.30. The van der Waals surface area contributed by atoms with Gasteiger partial charge in [0.25, 0.3) is 0 Å². The lowest BCUT2D eigenvalue weighted by atomic mass is 9.75. The fourth-order valence-electron chi connectivity index (χ4n) is 3.04. The molecule has 0 aromatic rings. The number of nitrogens with zero attached hydrogens (tertiary/aromatic N) is 1. The number of likely N-dealkylation sites (tertiary alicyclic amines) is 1. The van der Waals surface area contributed by atoms with Crippen molar-refractivity contribution in [3.63, 3.8) is 0 Å². The first-order valence-electron chi connectivity index (χ1n) is 7.60. The molecule has 0 unspecified atom stereocenters. The third-order valence-electron chi connectivity index (χ3n) is 4.55. The second kappa shape index (κ2) is 5.83. The second-order valence-electron chi connectivity index (χ2n) is 7.38. The summed E-state index contributed by atoms with van der Waals surface area (Å²) in [5.74, 6) is -0.982. The maximum atomic E-state index is 12.1. The van der Waals surface area contributed by atoms with Gasteiger partial charge in [-0.15, -0.1) is 0 Å². The van der Waals surface area contributed by atoms with E-state index in [1.54, 1.807) is 4.90 Å². The number of amides is 2. The van der Waals surface area contributed by atoms with Crippen molar-refractivity contribution >= 4 is 12.0 Å². The molecular weight excluding hydrogens is 272 g/mol. The quantitative estimate of drug-likeness (QED) is 0.830. The molecule has 2 N–H and O–H groups in total. The third kappa shape index (κ3) is 4.33. The third-order valence-corrected chi connectivity index (χ3v) is 4.55. The predicted octanol–water partition coefficient (Wildman–Crippen LogP) is 1.84. The number of aliphatic carboxylic acids is 1. The van der Waals surface area contributed by atoms with E-state index in [0.29, 0.717) is 18.5 Å². The molecule has 6 heteroatoms. The minimum absolute atomic E-state index is 0.0592. The summed E-state index contributed by atoms with van der Waals surface area (Å²) in [5, 5.41) is 11.7. The molecule has 6 nitrogen and oxygen atoms in total. The SMILES string of the molecule is CC1(C)CCC(NC(=O)N2CC(C)(OCC(=O)O)C2)CC1. The van der Waals surface area contributed by atoms with Crippen LogP contribution in [0.15, 0.2) is 0 Å². The van der Waals surface area contributed by atoms with Gasteiger partial charge in [-0.25, -0.2) is 9.59 Å². The molecule has 2 aliphatic rings. The van der Waals surface area contributed by atoms with Gasteiger partial charge in [0.15, 0.2) is 0 Å². The van der Waals surface area contributed by atoms with Crippen molar-refractivity contribution in [3.8, 4) is 0 Å². The maximum Gasteiger partial charge on any atom is 0.329 e. The van der Waals surface area contributed by atoms with Gasteiger partial charge >= 0.3 is 12.0 Å². The van der Waals surface area contributed by atoms with Crippen molar-refractivity contribution in [1.29, 1.82) is 0 Å². The van der Waals surface area contributed by atoms with Crippen LogP contribution >= 0.6 is 0 Å². The average molecular weight is 298 g/mol. The molecule has 1 aliphatic carbocycles. The van der Waals surface area contributed by atoms with Crippen LogP contribution in [-0.4, -0.2) is 53.3 Å². The monoisotopic (exact) mass is 298 g/mol. The van der Waals surface area contributed by atoms with Gasteiger partial charge in [0.1, 0.15) is 12.2 Å². The predicted molar refractivity (Wildman–Crippen MR) is 78.1 cm³/mol. The number of urea groups is 1. The van der Waals surface area contributed by atoms with Crippen LogP contribution in [0.3, 0.4) is 0 Å². The van der Waals surface area contributed by atoms with Gasteiger partial charge in [-0.3, -0.25) is 0 Å². The van der Waals surface area contributed by atoms with Gasteiger partial charge in [-0.1, -0.05) is 13.8 Å². The molecule has 1 saturated heterocycles. The van der Waals surface area contributed by atoms with E-state index in [2.05, 4.69) is 19.2 Å². The highest BCUT2D eigenvalue weighted by Gasteiger charge is 2.43. The molecule has 0 aromatic heterocycles. The summed E-state index contributed by atoms with van der Waals surface area (Å²) in [7, 11) is 0. The lowest BCUT2D eigenvalue weighted by Gasteiger charge is -2.47. The van der Waals surface area contributed by atoms with Crippen molar-refractivity contribution in [2.24, 2.45) is 5.41 Å². The molecule has 0 radical (unpaired) electrons. The van der Waals surface area contributed by atoms with E-state index in [-0.39, 0.29) is 18.7 Å². The standard InChI is InChI=1S/C15H26N2O4/c1-14(2)6-4-11(5-7-14)16-13(20)17-9-15(3,10-17)21-8-12(18)19/h11H,4-10H2,1-3H3,(H,16,20)(H,18,19). The van der Waals surface area contributed by atoms with E-state index in [9.17, 15) is 9.59 Å². The summed E-state index contributed by atoms with van der Waals surface area (Å²) in [6, 6.07) is 0.202. The molecule has 2 fully saturated rings. The minimum atomic E-state index is -0.982. The zero-order chi connectivity index (χ0) is 15.7. The summed E-state index contributed by atoms with van der Waals surface area (Å²) in [4.78, 5) is 24.3. The van der Waals surface area contributed by atoms with E-state index >= 15 is 0 Å². The van der Waals surface area contributed by atoms with Gasteiger partial charge in [0.2, 0.25) is 0 Å². The van der Waals surface area contributed by atoms with Crippen LogP contribution in [0.4, 0.5) is 4.79 Å². The Labute approximate surface area is 125 Å². The lowest BCUT2D eigenvalue weighted by Crippen LogP contribution is -2.66. The minimum Gasteiger partial charge on any atom is -0.480 e. The Morgan fingerprint density at radius 3 is 2.33 bits per heavy atom. The Bertz CT molecular complexity index is 406. The first-order valence-corrected chi connectivity index (χ1v) is 7.60. The molecule has 0 aromatic carbocycles. The van der Waals surface area contributed by atoms with Crippen molar-refractivity contribution in [1.82, 2.24) is 10.2 Å². The van der Waals surface area contributed by atoms with Crippen LogP contribution in [0.5, 0.6) is 0 Å². The second-order valence-corrected chi connectivity index (χ2v) is 7.38. The molecule has 120 valence electrons. The first kappa shape index (κ1) is 16.1. The number of carboxylic acids is 1. The molecule has 0 atom stereocenters. The van der Waals surface area contributed by atoms with E-state index in [1.807, 2.05) is 6.92 Å². The van der Waals surface area contributed by atoms with Crippen molar-refractivity contribution in [2.45, 2.75) is 58.1 Å². The summed E-state index contributed by atoms with van der Waals surface area (Å²) in [6.45, 7) is 6.96. The average Bonchev–Trinajstić information content (AvgIpc) is 2.35. The van der Waals surface area contributed by atoms with Crippen LogP contribution in [0.2, 0.25) is 0 Å². The Balaban J connectivity index is 1.70. The van der Waals surface area contributed by atoms with Crippen molar-refractivity contribution in [3.05, 3.63) is 0 Å². The Kier molecular flexibility index (Phi) is 4.46. The van der Waals surface area contributed by atoms with Crippen molar-refractivity contribution < 1.29 is 19.4 Å². The molecule has 2 amide bonds. The smallest absolute Gasteiger partial charge is 0.329 e. The Morgan fingerprint density at radius 2 is 1.81 bits per heavy atom. The molecule has 0 bridgehead atoms. The summed E-state index contributed by atoms with van der Waals surface area (Å²) >= 11 is 0. The van der Waals surface area contributed by atoms with Gasteiger partial charge in [0, 0.05) is 6.04 Å². The van der Waals surface area contributed by atoms with E-state index in [4.69, 9.17) is 9.84 Å².